The van der Waals surface area contributed by atoms with Gasteiger partial charge in [0.25, 0.3) is 0 Å². The number of hydrogen-bond acceptors (Lipinski definition) is 5. The molecule has 1 N–H and O–H groups in total. The van der Waals surface area contributed by atoms with E-state index in [9.17, 15) is 9.90 Å². The molecule has 3 fully saturated rings. The average molecular weight is 466 g/mol. The Morgan fingerprint density at radius 1 is 1.18 bits per heavy atom. The Balaban J connectivity index is 1.33. The number of aliphatic hydroxyl groups excluding tert-OH is 1. The Hall–Kier alpha value is -2.47. The number of carbonyl (C=O) groups excluding carboxylic acids is 1. The number of carbonyl (C=O) groups is 1. The predicted octanol–water partition coefficient (Wildman–Crippen LogP) is 4.42. The normalized spacial score (nSPS) is 41.3. The largest absolute Gasteiger partial charge is 0.493 e. The van der Waals surface area contributed by atoms with Crippen molar-refractivity contribution < 1.29 is 24.1 Å². The highest BCUT2D eigenvalue weighted by molar-refractivity contribution is 5.89. The monoisotopic (exact) mass is 465 g/mol. The minimum Gasteiger partial charge on any atom is -0.493 e. The molecule has 0 unspecified atom stereocenters. The predicted molar refractivity (Wildman–Crippen MR) is 129 cm³/mol. The molecule has 0 aromatic heterocycles. The van der Waals surface area contributed by atoms with Crippen LogP contribution < -0.4 is 14.2 Å². The van der Waals surface area contributed by atoms with Gasteiger partial charge in [-0.15, -0.1) is 0 Å². The van der Waals surface area contributed by atoms with Crippen LogP contribution in [0.25, 0.3) is 6.08 Å². The number of methoxy groups -OCH3 is 1. The molecular formula is C28H35NO5. The third-order valence-electron chi connectivity index (χ3n) is 10.0. The van der Waals surface area contributed by atoms with Crippen LogP contribution in [0.2, 0.25) is 0 Å². The van der Waals surface area contributed by atoms with E-state index < -0.39 is 6.10 Å². The third-order valence-corrected chi connectivity index (χ3v) is 10.0. The summed E-state index contributed by atoms with van der Waals surface area (Å²) in [6.45, 7) is 4.85. The van der Waals surface area contributed by atoms with Gasteiger partial charge < -0.3 is 24.2 Å². The number of fused-ring (bicyclic) bond motifs is 6. The van der Waals surface area contributed by atoms with E-state index in [-0.39, 0.29) is 29.6 Å². The van der Waals surface area contributed by atoms with Crippen molar-refractivity contribution in [3.63, 3.8) is 0 Å². The summed E-state index contributed by atoms with van der Waals surface area (Å²) in [5.41, 5.74) is 1.97. The summed E-state index contributed by atoms with van der Waals surface area (Å²) in [6, 6.07) is 4.22. The fraction of sp³-hybridized carbons (Fsp3) is 0.607. The molecule has 6 rings (SSSR count). The molecule has 1 amide bonds. The van der Waals surface area contributed by atoms with Gasteiger partial charge in [0, 0.05) is 23.9 Å². The molecule has 1 aromatic rings. The highest BCUT2D eigenvalue weighted by Crippen LogP contribution is 2.65. The van der Waals surface area contributed by atoms with Gasteiger partial charge in [0.05, 0.1) is 13.2 Å². The summed E-state index contributed by atoms with van der Waals surface area (Å²) in [4.78, 5) is 14.3. The molecule has 3 saturated carbocycles. The van der Waals surface area contributed by atoms with Crippen molar-refractivity contribution in [3.05, 3.63) is 35.4 Å². The summed E-state index contributed by atoms with van der Waals surface area (Å²) < 4.78 is 16.7. The lowest BCUT2D eigenvalue weighted by atomic mass is 9.48. The summed E-state index contributed by atoms with van der Waals surface area (Å²) >= 11 is 0. The summed E-state index contributed by atoms with van der Waals surface area (Å²) in [6.07, 6.45) is 10.8. The molecule has 6 nitrogen and oxygen atoms in total. The molecule has 2 aliphatic heterocycles. The van der Waals surface area contributed by atoms with Gasteiger partial charge in [-0.1, -0.05) is 26.0 Å². The van der Waals surface area contributed by atoms with Crippen molar-refractivity contribution in [1.29, 1.82) is 0 Å². The minimum atomic E-state index is -0.452. The molecule has 5 aliphatic rings. The van der Waals surface area contributed by atoms with E-state index >= 15 is 0 Å². The molecule has 2 heterocycles. The van der Waals surface area contributed by atoms with Gasteiger partial charge in [-0.2, -0.15) is 0 Å². The molecule has 1 aromatic carbocycles. The molecule has 34 heavy (non-hydrogen) atoms. The van der Waals surface area contributed by atoms with E-state index in [1.54, 1.807) is 13.2 Å². The fourth-order valence-electron chi connectivity index (χ4n) is 8.18. The van der Waals surface area contributed by atoms with E-state index in [1.165, 1.54) is 0 Å². The highest BCUT2D eigenvalue weighted by atomic mass is 16.7. The van der Waals surface area contributed by atoms with E-state index in [0.29, 0.717) is 35.0 Å². The van der Waals surface area contributed by atoms with Gasteiger partial charge in [0.2, 0.25) is 18.4 Å². The summed E-state index contributed by atoms with van der Waals surface area (Å²) in [5.74, 6) is 3.66. The van der Waals surface area contributed by atoms with Gasteiger partial charge in [0.15, 0.2) is 11.5 Å². The molecular weight excluding hydrogens is 430 g/mol. The van der Waals surface area contributed by atoms with Crippen LogP contribution in [-0.4, -0.2) is 49.0 Å². The molecule has 0 spiro atoms. The number of hydrogen-bond donors (Lipinski definition) is 1. The standard InChI is InChI=1S/C28H35NO5/c1-27-10-8-24(30)29(3)23(27)6-5-18-19(27)7-9-28(2)20(18)14-17(26(28)31)11-16-12-21(32-4)25-22(13-16)33-15-34-25/h8,10-13,18-20,23,26,31H,5-7,9,14-15H2,1-4H3/b17-11-/t18-,19+,20+,23-,26+,27-,28+/m1/s1. The zero-order valence-corrected chi connectivity index (χ0v) is 20.5. The van der Waals surface area contributed by atoms with Crippen molar-refractivity contribution >= 4 is 12.0 Å². The number of ether oxygens (including phenoxy) is 3. The van der Waals surface area contributed by atoms with Crippen LogP contribution in [0.4, 0.5) is 0 Å². The Bertz CT molecular complexity index is 1090. The Labute approximate surface area is 201 Å². The lowest BCUT2D eigenvalue weighted by Crippen LogP contribution is -2.59. The van der Waals surface area contributed by atoms with Gasteiger partial charge >= 0.3 is 0 Å². The van der Waals surface area contributed by atoms with Gasteiger partial charge in [-0.3, -0.25) is 4.79 Å². The summed E-state index contributed by atoms with van der Waals surface area (Å²) in [5, 5.41) is 11.6. The molecule has 0 radical (unpaired) electrons. The quantitative estimate of drug-likeness (QED) is 0.700. The highest BCUT2D eigenvalue weighted by Gasteiger charge is 2.61. The maximum absolute atomic E-state index is 12.3. The van der Waals surface area contributed by atoms with Crippen molar-refractivity contribution in [1.82, 2.24) is 4.90 Å². The van der Waals surface area contributed by atoms with Crippen molar-refractivity contribution in [3.8, 4) is 17.2 Å². The topological polar surface area (TPSA) is 68.2 Å². The van der Waals surface area contributed by atoms with Crippen LogP contribution in [0.1, 0.15) is 51.5 Å². The zero-order chi connectivity index (χ0) is 23.8. The zero-order valence-electron chi connectivity index (χ0n) is 20.5. The van der Waals surface area contributed by atoms with Crippen LogP contribution >= 0.6 is 0 Å². The van der Waals surface area contributed by atoms with Crippen LogP contribution in [0.5, 0.6) is 17.2 Å². The SMILES string of the molecule is COc1cc(/C=C2/C[C@H]3[C@@H]4CC[C@H]5N(C)C(=O)C=C[C@]5(C)[C@H]4CC[C@]3(C)[C@H]2O)cc2c1OCO2. The molecule has 0 saturated heterocycles. The number of aliphatic hydroxyl groups is 1. The Morgan fingerprint density at radius 2 is 2.00 bits per heavy atom. The fourth-order valence-corrected chi connectivity index (χ4v) is 8.18. The number of amides is 1. The minimum absolute atomic E-state index is 0.00894. The first kappa shape index (κ1) is 22.0. The van der Waals surface area contributed by atoms with Crippen LogP contribution in [0, 0.1) is 28.6 Å². The van der Waals surface area contributed by atoms with Crippen LogP contribution in [-0.2, 0) is 4.79 Å². The van der Waals surface area contributed by atoms with E-state index in [2.05, 4.69) is 26.0 Å². The molecule has 7 atom stereocenters. The first-order valence-corrected chi connectivity index (χ1v) is 12.6. The summed E-state index contributed by atoms with van der Waals surface area (Å²) in [7, 11) is 3.60. The molecule has 182 valence electrons. The third kappa shape index (κ3) is 2.93. The molecule has 6 heteroatoms. The van der Waals surface area contributed by atoms with Crippen LogP contribution in [0.15, 0.2) is 29.9 Å². The van der Waals surface area contributed by atoms with Crippen molar-refractivity contribution in [2.75, 3.05) is 21.0 Å². The average Bonchev–Trinajstić information content (AvgIpc) is 3.39. The van der Waals surface area contributed by atoms with Gasteiger partial charge in [-0.25, -0.2) is 0 Å². The van der Waals surface area contributed by atoms with Crippen LogP contribution in [0.3, 0.4) is 0 Å². The van der Waals surface area contributed by atoms with E-state index in [1.807, 2.05) is 24.1 Å². The van der Waals surface area contributed by atoms with Gasteiger partial charge in [-0.05, 0) is 79.2 Å². The second kappa shape index (κ2) is 7.51. The number of likely N-dealkylation sites (N-methyl/N-ethyl adjacent to an activating group) is 1. The lowest BCUT2D eigenvalue weighted by Gasteiger charge is -2.59. The number of nitrogens with zero attached hydrogens (tertiary/aromatic N) is 1. The first-order valence-electron chi connectivity index (χ1n) is 12.6. The first-order chi connectivity index (χ1) is 16.3. The maximum Gasteiger partial charge on any atom is 0.246 e. The number of rotatable bonds is 2. The van der Waals surface area contributed by atoms with E-state index in [0.717, 1.165) is 43.2 Å². The second-order valence-corrected chi connectivity index (χ2v) is 11.4. The Kier molecular flexibility index (Phi) is 4.87. The molecule has 3 aliphatic carbocycles. The second-order valence-electron chi connectivity index (χ2n) is 11.4. The van der Waals surface area contributed by atoms with Gasteiger partial charge in [0.1, 0.15) is 0 Å². The molecule has 0 bridgehead atoms. The van der Waals surface area contributed by atoms with Crippen molar-refractivity contribution in [2.24, 2.45) is 28.6 Å². The Morgan fingerprint density at radius 3 is 2.79 bits per heavy atom. The number of benzene rings is 1. The lowest BCUT2D eigenvalue weighted by molar-refractivity contribution is -0.140. The maximum atomic E-state index is 12.3. The van der Waals surface area contributed by atoms with Crippen molar-refractivity contribution in [2.45, 2.75) is 58.1 Å². The van der Waals surface area contributed by atoms with E-state index in [4.69, 9.17) is 14.2 Å². The smallest absolute Gasteiger partial charge is 0.246 e.